The van der Waals surface area contributed by atoms with Crippen LogP contribution in [0, 0.1) is 5.92 Å². The number of ether oxygens (including phenoxy) is 1. The largest absolute Gasteiger partial charge is 0.379 e. The Bertz CT molecular complexity index is 383. The number of amides is 1. The van der Waals surface area contributed by atoms with E-state index in [0.29, 0.717) is 19.8 Å². The van der Waals surface area contributed by atoms with E-state index in [2.05, 4.69) is 15.6 Å². The van der Waals surface area contributed by atoms with E-state index in [1.165, 1.54) is 0 Å². The number of nitrogens with one attached hydrogen (secondary N) is 2. The normalized spacial score (nSPS) is 22.9. The summed E-state index contributed by atoms with van der Waals surface area (Å²) in [4.78, 5) is 16.0. The van der Waals surface area contributed by atoms with Gasteiger partial charge < -0.3 is 15.4 Å². The van der Waals surface area contributed by atoms with Crippen molar-refractivity contribution in [2.45, 2.75) is 12.5 Å². The molecule has 2 rings (SSSR count). The second kappa shape index (κ2) is 6.47. The topological polar surface area (TPSA) is 63.2 Å². The highest BCUT2D eigenvalue weighted by molar-refractivity contribution is 5.79. The van der Waals surface area contributed by atoms with Gasteiger partial charge in [0.15, 0.2) is 0 Å². The van der Waals surface area contributed by atoms with Crippen molar-refractivity contribution in [2.24, 2.45) is 5.92 Å². The Hall–Kier alpha value is -1.46. The highest BCUT2D eigenvalue weighted by Gasteiger charge is 2.32. The molecule has 1 fully saturated rings. The maximum absolute atomic E-state index is 12.0. The van der Waals surface area contributed by atoms with Crippen molar-refractivity contribution < 1.29 is 9.53 Å². The van der Waals surface area contributed by atoms with Crippen LogP contribution in [0.15, 0.2) is 24.5 Å². The van der Waals surface area contributed by atoms with Crippen molar-refractivity contribution in [1.82, 2.24) is 15.6 Å². The zero-order valence-electron chi connectivity index (χ0n) is 10.6. The number of hydrogen-bond acceptors (Lipinski definition) is 4. The van der Waals surface area contributed by atoms with Crippen LogP contribution >= 0.6 is 0 Å². The molecule has 2 heterocycles. The van der Waals surface area contributed by atoms with Crippen LogP contribution in [0.1, 0.15) is 5.56 Å². The first-order valence-corrected chi connectivity index (χ1v) is 6.23. The predicted octanol–water partition coefficient (Wildman–Crippen LogP) is -0.0253. The molecule has 1 aromatic rings. The molecule has 2 atom stereocenters. The molecule has 1 amide bonds. The smallest absolute Gasteiger partial charge is 0.227 e. The Morgan fingerprint density at radius 2 is 2.44 bits per heavy atom. The number of carbonyl (C=O) groups is 1. The highest BCUT2D eigenvalue weighted by atomic mass is 16.5. The second-order valence-corrected chi connectivity index (χ2v) is 4.44. The molecule has 2 N–H and O–H groups in total. The zero-order valence-corrected chi connectivity index (χ0v) is 10.6. The van der Waals surface area contributed by atoms with Crippen LogP contribution in [0.4, 0.5) is 0 Å². The van der Waals surface area contributed by atoms with Gasteiger partial charge in [-0.15, -0.1) is 0 Å². The Morgan fingerprint density at radius 3 is 3.17 bits per heavy atom. The third-order valence-corrected chi connectivity index (χ3v) is 3.22. The van der Waals surface area contributed by atoms with Crippen molar-refractivity contribution in [3.63, 3.8) is 0 Å². The molecule has 0 aliphatic carbocycles. The fourth-order valence-corrected chi connectivity index (χ4v) is 2.10. The van der Waals surface area contributed by atoms with E-state index in [1.54, 1.807) is 6.20 Å². The number of likely N-dealkylation sites (N-methyl/N-ethyl adjacent to an activating group) is 1. The number of aromatic nitrogens is 1. The number of nitrogens with zero attached hydrogens (tertiary/aromatic N) is 1. The van der Waals surface area contributed by atoms with Crippen molar-refractivity contribution in [1.29, 1.82) is 0 Å². The molecule has 1 aliphatic rings. The van der Waals surface area contributed by atoms with E-state index in [1.807, 2.05) is 25.4 Å². The molecule has 0 radical (unpaired) electrons. The van der Waals surface area contributed by atoms with E-state index >= 15 is 0 Å². The van der Waals surface area contributed by atoms with Crippen LogP contribution in [0.5, 0.6) is 0 Å². The van der Waals surface area contributed by atoms with E-state index in [9.17, 15) is 4.79 Å². The lowest BCUT2D eigenvalue weighted by atomic mass is 10.0. The first-order valence-electron chi connectivity index (χ1n) is 6.23. The summed E-state index contributed by atoms with van der Waals surface area (Å²) >= 11 is 0. The van der Waals surface area contributed by atoms with Crippen LogP contribution in [-0.2, 0) is 16.0 Å². The molecule has 1 aromatic heterocycles. The number of pyridine rings is 1. The fourth-order valence-electron chi connectivity index (χ4n) is 2.10. The van der Waals surface area contributed by atoms with Gasteiger partial charge in [-0.2, -0.15) is 0 Å². The Balaban J connectivity index is 1.75. The lowest BCUT2D eigenvalue weighted by molar-refractivity contribution is -0.125. The molecule has 2 unspecified atom stereocenters. The molecule has 0 aromatic carbocycles. The molecule has 0 saturated carbocycles. The molecular weight excluding hydrogens is 230 g/mol. The van der Waals surface area contributed by atoms with Crippen molar-refractivity contribution in [2.75, 3.05) is 26.8 Å². The molecule has 18 heavy (non-hydrogen) atoms. The lowest BCUT2D eigenvalue weighted by Gasteiger charge is -2.16. The van der Waals surface area contributed by atoms with Gasteiger partial charge in [0.25, 0.3) is 0 Å². The minimum absolute atomic E-state index is 0.0655. The van der Waals surface area contributed by atoms with Crippen LogP contribution in [0.2, 0.25) is 0 Å². The second-order valence-electron chi connectivity index (χ2n) is 4.44. The first-order chi connectivity index (χ1) is 8.81. The van der Waals surface area contributed by atoms with Gasteiger partial charge in [0.05, 0.1) is 19.1 Å². The summed E-state index contributed by atoms with van der Waals surface area (Å²) in [7, 11) is 1.86. The standard InChI is InChI=1S/C13H19N3O2/c1-14-12-9-18-8-11(12)13(17)16-6-4-10-3-2-5-15-7-10/h2-3,5,7,11-12,14H,4,6,8-9H2,1H3,(H,16,17). The number of hydrogen-bond donors (Lipinski definition) is 2. The summed E-state index contributed by atoms with van der Waals surface area (Å²) in [5.41, 5.74) is 1.13. The van der Waals surface area contributed by atoms with E-state index in [4.69, 9.17) is 4.74 Å². The van der Waals surface area contributed by atoms with Crippen LogP contribution in [-0.4, -0.2) is 43.7 Å². The third kappa shape index (κ3) is 3.27. The van der Waals surface area contributed by atoms with Crippen LogP contribution < -0.4 is 10.6 Å². The van der Waals surface area contributed by atoms with Crippen LogP contribution in [0.25, 0.3) is 0 Å². The van der Waals surface area contributed by atoms with Crippen molar-refractivity contribution in [3.05, 3.63) is 30.1 Å². The molecule has 0 spiro atoms. The number of rotatable bonds is 5. The van der Waals surface area contributed by atoms with Gasteiger partial charge in [-0.05, 0) is 25.1 Å². The molecular formula is C13H19N3O2. The average molecular weight is 249 g/mol. The van der Waals surface area contributed by atoms with E-state index in [-0.39, 0.29) is 17.9 Å². The van der Waals surface area contributed by atoms with Gasteiger partial charge in [-0.3, -0.25) is 9.78 Å². The molecule has 0 bridgehead atoms. The monoisotopic (exact) mass is 249 g/mol. The average Bonchev–Trinajstić information content (AvgIpc) is 2.88. The van der Waals surface area contributed by atoms with Gasteiger partial charge >= 0.3 is 0 Å². The van der Waals surface area contributed by atoms with Crippen LogP contribution in [0.3, 0.4) is 0 Å². The van der Waals surface area contributed by atoms with Gasteiger partial charge in [0.2, 0.25) is 5.91 Å². The molecule has 1 aliphatic heterocycles. The quantitative estimate of drug-likeness (QED) is 0.769. The maximum atomic E-state index is 12.0. The summed E-state index contributed by atoms with van der Waals surface area (Å²) in [5.74, 6) is -0.0142. The molecule has 1 saturated heterocycles. The SMILES string of the molecule is CNC1COCC1C(=O)NCCc1cccnc1. The minimum atomic E-state index is -0.0797. The van der Waals surface area contributed by atoms with Gasteiger partial charge in [0, 0.05) is 25.0 Å². The molecule has 98 valence electrons. The summed E-state index contributed by atoms with van der Waals surface area (Å²) in [6, 6.07) is 4.04. The summed E-state index contributed by atoms with van der Waals surface area (Å²) in [5, 5.41) is 6.06. The summed E-state index contributed by atoms with van der Waals surface area (Å²) in [6.45, 7) is 1.75. The van der Waals surface area contributed by atoms with Gasteiger partial charge in [0.1, 0.15) is 0 Å². The summed E-state index contributed by atoms with van der Waals surface area (Å²) < 4.78 is 5.31. The van der Waals surface area contributed by atoms with Gasteiger partial charge in [-0.1, -0.05) is 6.07 Å². The first kappa shape index (κ1) is 13.0. The van der Waals surface area contributed by atoms with Gasteiger partial charge in [-0.25, -0.2) is 0 Å². The van der Waals surface area contributed by atoms with Crippen molar-refractivity contribution >= 4 is 5.91 Å². The summed E-state index contributed by atoms with van der Waals surface area (Å²) in [6.07, 6.45) is 4.37. The maximum Gasteiger partial charge on any atom is 0.227 e. The third-order valence-electron chi connectivity index (χ3n) is 3.22. The Morgan fingerprint density at radius 1 is 1.56 bits per heavy atom. The number of carbonyl (C=O) groups excluding carboxylic acids is 1. The molecule has 5 nitrogen and oxygen atoms in total. The van der Waals surface area contributed by atoms with Crippen molar-refractivity contribution in [3.8, 4) is 0 Å². The molecule has 5 heteroatoms. The lowest BCUT2D eigenvalue weighted by Crippen LogP contribution is -2.43. The van der Waals surface area contributed by atoms with E-state index < -0.39 is 0 Å². The van der Waals surface area contributed by atoms with E-state index in [0.717, 1.165) is 12.0 Å². The predicted molar refractivity (Wildman–Crippen MR) is 68.1 cm³/mol. The Labute approximate surface area is 107 Å². The highest BCUT2D eigenvalue weighted by Crippen LogP contribution is 2.13. The minimum Gasteiger partial charge on any atom is -0.379 e. The Kier molecular flexibility index (Phi) is 4.66. The fraction of sp³-hybridized carbons (Fsp3) is 0.538. The zero-order chi connectivity index (χ0) is 12.8.